The number of para-hydroxylation sites is 2. The van der Waals surface area contributed by atoms with Crippen LogP contribution in [0.1, 0.15) is 13.3 Å². The predicted octanol–water partition coefficient (Wildman–Crippen LogP) is 2.48. The highest BCUT2D eigenvalue weighted by molar-refractivity contribution is 5.61. The molecule has 1 aliphatic rings. The first-order valence-electron chi connectivity index (χ1n) is 7.31. The number of nitrogens with zero attached hydrogens (tertiary/aromatic N) is 2. The second-order valence-electron chi connectivity index (χ2n) is 5.17. The van der Waals surface area contributed by atoms with Gasteiger partial charge >= 0.3 is 0 Å². The molecule has 3 rings (SSSR count). The first-order valence-corrected chi connectivity index (χ1v) is 7.31. The molecule has 0 bridgehead atoms. The highest BCUT2D eigenvalue weighted by Gasteiger charge is 2.42. The van der Waals surface area contributed by atoms with Gasteiger partial charge in [-0.15, -0.1) is 0 Å². The Morgan fingerprint density at radius 2 is 2.24 bits per heavy atom. The molecule has 3 atom stereocenters. The van der Waals surface area contributed by atoms with Crippen molar-refractivity contribution in [3.05, 3.63) is 43.0 Å². The quantitative estimate of drug-likeness (QED) is 0.886. The van der Waals surface area contributed by atoms with Crippen molar-refractivity contribution in [1.29, 1.82) is 0 Å². The molecule has 1 saturated carbocycles. The van der Waals surface area contributed by atoms with E-state index in [9.17, 15) is 0 Å². The van der Waals surface area contributed by atoms with Crippen molar-refractivity contribution < 1.29 is 9.47 Å². The van der Waals surface area contributed by atoms with Gasteiger partial charge in [-0.1, -0.05) is 12.1 Å². The van der Waals surface area contributed by atoms with E-state index in [4.69, 9.17) is 9.47 Å². The van der Waals surface area contributed by atoms with E-state index in [1.165, 1.54) is 0 Å². The molecule has 1 aromatic heterocycles. The van der Waals surface area contributed by atoms with Gasteiger partial charge in [0.25, 0.3) is 0 Å². The highest BCUT2D eigenvalue weighted by Crippen LogP contribution is 2.31. The van der Waals surface area contributed by atoms with E-state index in [0.717, 1.165) is 24.4 Å². The van der Waals surface area contributed by atoms with Crippen LogP contribution in [0.3, 0.4) is 0 Å². The van der Waals surface area contributed by atoms with Crippen molar-refractivity contribution in [2.24, 2.45) is 0 Å². The molecule has 2 aromatic rings. The molecule has 1 N–H and O–H groups in total. The maximum absolute atomic E-state index is 5.67. The number of hydrogen-bond acceptors (Lipinski definition) is 4. The van der Waals surface area contributed by atoms with E-state index in [1.54, 1.807) is 19.6 Å². The first kappa shape index (κ1) is 14.1. The third-order valence-corrected chi connectivity index (χ3v) is 3.93. The van der Waals surface area contributed by atoms with Crippen molar-refractivity contribution in [1.82, 2.24) is 9.55 Å². The third kappa shape index (κ3) is 2.80. The Labute approximate surface area is 124 Å². The molecule has 0 saturated heterocycles. The van der Waals surface area contributed by atoms with E-state index >= 15 is 0 Å². The zero-order chi connectivity index (χ0) is 14.7. The number of anilines is 1. The average molecular weight is 287 g/mol. The van der Waals surface area contributed by atoms with Crippen LogP contribution in [0.2, 0.25) is 0 Å². The largest absolute Gasteiger partial charge is 0.378 e. The lowest BCUT2D eigenvalue weighted by Crippen LogP contribution is -2.56. The molecule has 0 aliphatic heterocycles. The summed E-state index contributed by atoms with van der Waals surface area (Å²) in [4.78, 5) is 4.11. The molecule has 1 aromatic carbocycles. The SMILES string of the molecule is CCOC1CC(Nc2ccccc2-n2ccnc2)C1OC. The molecule has 5 nitrogen and oxygen atoms in total. The minimum Gasteiger partial charge on any atom is -0.378 e. The Morgan fingerprint density at radius 3 is 2.95 bits per heavy atom. The summed E-state index contributed by atoms with van der Waals surface area (Å²) in [5.41, 5.74) is 2.17. The van der Waals surface area contributed by atoms with Gasteiger partial charge in [0.05, 0.1) is 29.8 Å². The van der Waals surface area contributed by atoms with Crippen molar-refractivity contribution in [3.8, 4) is 5.69 Å². The van der Waals surface area contributed by atoms with Gasteiger partial charge in [-0.05, 0) is 25.5 Å². The number of ether oxygens (including phenoxy) is 2. The Morgan fingerprint density at radius 1 is 1.38 bits per heavy atom. The monoisotopic (exact) mass is 287 g/mol. The summed E-state index contributed by atoms with van der Waals surface area (Å²) in [6.07, 6.45) is 6.78. The van der Waals surface area contributed by atoms with Gasteiger partial charge in [0.15, 0.2) is 0 Å². The summed E-state index contributed by atoms with van der Waals surface area (Å²) in [5.74, 6) is 0. The second kappa shape index (κ2) is 6.28. The number of benzene rings is 1. The minimum atomic E-state index is 0.0980. The molecular formula is C16H21N3O2. The molecule has 5 heteroatoms. The Bertz CT molecular complexity index is 571. The van der Waals surface area contributed by atoms with Crippen LogP contribution >= 0.6 is 0 Å². The second-order valence-corrected chi connectivity index (χ2v) is 5.17. The summed E-state index contributed by atoms with van der Waals surface area (Å²) < 4.78 is 13.2. The number of aromatic nitrogens is 2. The van der Waals surface area contributed by atoms with Crippen molar-refractivity contribution >= 4 is 5.69 Å². The Balaban J connectivity index is 1.74. The van der Waals surface area contributed by atoms with Crippen molar-refractivity contribution in [3.63, 3.8) is 0 Å². The summed E-state index contributed by atoms with van der Waals surface area (Å²) in [6, 6.07) is 8.48. The molecule has 0 amide bonds. The normalized spacial score (nSPS) is 24.6. The van der Waals surface area contributed by atoms with Gasteiger partial charge < -0.3 is 19.4 Å². The van der Waals surface area contributed by atoms with Crippen LogP contribution in [0.15, 0.2) is 43.0 Å². The fourth-order valence-electron chi connectivity index (χ4n) is 2.84. The molecular weight excluding hydrogens is 266 g/mol. The van der Waals surface area contributed by atoms with Crippen LogP contribution in [-0.4, -0.2) is 41.5 Å². The average Bonchev–Trinajstić information content (AvgIpc) is 3.01. The molecule has 1 aliphatic carbocycles. The Kier molecular flexibility index (Phi) is 4.22. The van der Waals surface area contributed by atoms with Crippen LogP contribution in [0.5, 0.6) is 0 Å². The lowest BCUT2D eigenvalue weighted by Gasteiger charge is -2.44. The number of nitrogens with one attached hydrogen (secondary N) is 1. The first-order chi connectivity index (χ1) is 10.3. The number of imidazole rings is 1. The van der Waals surface area contributed by atoms with Gasteiger partial charge in [0.2, 0.25) is 0 Å². The van der Waals surface area contributed by atoms with Crippen LogP contribution in [0, 0.1) is 0 Å². The topological polar surface area (TPSA) is 48.3 Å². The number of hydrogen-bond donors (Lipinski definition) is 1. The minimum absolute atomic E-state index is 0.0980. The van der Waals surface area contributed by atoms with E-state index in [1.807, 2.05) is 29.8 Å². The van der Waals surface area contributed by atoms with Gasteiger partial charge in [0, 0.05) is 26.1 Å². The van der Waals surface area contributed by atoms with Crippen molar-refractivity contribution in [2.75, 3.05) is 19.0 Å². The van der Waals surface area contributed by atoms with Crippen molar-refractivity contribution in [2.45, 2.75) is 31.6 Å². The lowest BCUT2D eigenvalue weighted by molar-refractivity contribution is -0.118. The molecule has 3 unspecified atom stereocenters. The fraction of sp³-hybridized carbons (Fsp3) is 0.438. The van der Waals surface area contributed by atoms with Crippen LogP contribution in [0.25, 0.3) is 5.69 Å². The molecule has 21 heavy (non-hydrogen) atoms. The number of methoxy groups -OCH3 is 1. The molecule has 1 heterocycles. The smallest absolute Gasteiger partial charge is 0.103 e. The lowest BCUT2D eigenvalue weighted by atomic mass is 9.85. The summed E-state index contributed by atoms with van der Waals surface area (Å²) >= 11 is 0. The number of rotatable bonds is 6. The predicted molar refractivity (Wildman–Crippen MR) is 81.8 cm³/mol. The van der Waals surface area contributed by atoms with Crippen LogP contribution < -0.4 is 5.32 Å². The zero-order valence-electron chi connectivity index (χ0n) is 12.4. The van der Waals surface area contributed by atoms with Gasteiger partial charge in [-0.25, -0.2) is 4.98 Å². The van der Waals surface area contributed by atoms with Gasteiger partial charge in [-0.3, -0.25) is 0 Å². The summed E-state index contributed by atoms with van der Waals surface area (Å²) in [7, 11) is 1.74. The van der Waals surface area contributed by atoms with Gasteiger partial charge in [0.1, 0.15) is 6.10 Å². The standard InChI is InChI=1S/C16H21N3O2/c1-3-21-15-10-13(16(15)20-2)18-12-6-4-5-7-14(12)19-9-8-17-11-19/h4-9,11,13,15-16,18H,3,10H2,1-2H3. The van der Waals surface area contributed by atoms with E-state index in [-0.39, 0.29) is 18.2 Å². The zero-order valence-corrected chi connectivity index (χ0v) is 12.4. The highest BCUT2D eigenvalue weighted by atomic mass is 16.5. The maximum Gasteiger partial charge on any atom is 0.103 e. The maximum atomic E-state index is 5.67. The summed E-state index contributed by atoms with van der Waals surface area (Å²) in [5, 5.41) is 3.57. The van der Waals surface area contributed by atoms with E-state index < -0.39 is 0 Å². The summed E-state index contributed by atoms with van der Waals surface area (Å²) in [6.45, 7) is 2.74. The van der Waals surface area contributed by atoms with Crippen LogP contribution in [-0.2, 0) is 9.47 Å². The Hall–Kier alpha value is -1.85. The van der Waals surface area contributed by atoms with E-state index in [2.05, 4.69) is 22.4 Å². The van der Waals surface area contributed by atoms with E-state index in [0.29, 0.717) is 0 Å². The molecule has 0 spiro atoms. The van der Waals surface area contributed by atoms with Gasteiger partial charge in [-0.2, -0.15) is 0 Å². The molecule has 0 radical (unpaired) electrons. The van der Waals surface area contributed by atoms with Crippen LogP contribution in [0.4, 0.5) is 5.69 Å². The third-order valence-electron chi connectivity index (χ3n) is 3.93. The molecule has 1 fully saturated rings. The fourth-order valence-corrected chi connectivity index (χ4v) is 2.84. The molecule has 112 valence electrons.